The Morgan fingerprint density at radius 3 is 2.89 bits per heavy atom. The molecule has 3 N–H and O–H groups in total. The van der Waals surface area contributed by atoms with Gasteiger partial charge in [0, 0.05) is 11.8 Å². The number of rotatable bonds is 4. The molecule has 0 aromatic carbocycles. The zero-order chi connectivity index (χ0) is 13.8. The van der Waals surface area contributed by atoms with Crippen LogP contribution in [0.2, 0.25) is 0 Å². The van der Waals surface area contributed by atoms with E-state index in [1.54, 1.807) is 17.5 Å². The normalized spacial score (nSPS) is 10.7. The van der Waals surface area contributed by atoms with E-state index in [9.17, 15) is 4.79 Å². The first-order valence-corrected chi connectivity index (χ1v) is 6.90. The van der Waals surface area contributed by atoms with Crippen molar-refractivity contribution in [1.82, 2.24) is 9.97 Å². The molecule has 0 aliphatic rings. The minimum Gasteiger partial charge on any atom is -0.384 e. The van der Waals surface area contributed by atoms with Crippen molar-refractivity contribution in [1.29, 1.82) is 0 Å². The van der Waals surface area contributed by atoms with Gasteiger partial charge in [-0.05, 0) is 18.1 Å². The number of amides is 1. The van der Waals surface area contributed by atoms with Crippen LogP contribution in [0.3, 0.4) is 0 Å². The summed E-state index contributed by atoms with van der Waals surface area (Å²) in [6, 6.07) is 3.35. The first kappa shape index (κ1) is 13.5. The maximum Gasteiger partial charge on any atom is 0.275 e. The van der Waals surface area contributed by atoms with Crippen molar-refractivity contribution in [2.24, 2.45) is 5.92 Å². The summed E-state index contributed by atoms with van der Waals surface area (Å²) in [7, 11) is 0. The third kappa shape index (κ3) is 3.75. The van der Waals surface area contributed by atoms with E-state index >= 15 is 0 Å². The Balaban J connectivity index is 2.03. The smallest absolute Gasteiger partial charge is 0.275 e. The SMILES string of the molecule is CC(C)Cc1nc(C(=O)Nc2ccc(N)nc2)cs1. The number of pyridine rings is 1. The van der Waals surface area contributed by atoms with Crippen LogP contribution >= 0.6 is 11.3 Å². The number of nitrogens with zero attached hydrogens (tertiary/aromatic N) is 2. The maximum absolute atomic E-state index is 12.0. The van der Waals surface area contributed by atoms with Gasteiger partial charge in [-0.2, -0.15) is 0 Å². The second kappa shape index (κ2) is 5.79. The van der Waals surface area contributed by atoms with Gasteiger partial charge in [0.2, 0.25) is 0 Å². The number of nitrogen functional groups attached to an aromatic ring is 1. The zero-order valence-electron chi connectivity index (χ0n) is 10.9. The first-order valence-electron chi connectivity index (χ1n) is 6.02. The van der Waals surface area contributed by atoms with Crippen LogP contribution in [0.5, 0.6) is 0 Å². The number of carbonyl (C=O) groups excluding carboxylic acids is 1. The van der Waals surface area contributed by atoms with Crippen molar-refractivity contribution in [2.75, 3.05) is 11.1 Å². The lowest BCUT2D eigenvalue weighted by Gasteiger charge is -2.02. The van der Waals surface area contributed by atoms with Gasteiger partial charge in [-0.25, -0.2) is 9.97 Å². The van der Waals surface area contributed by atoms with Crippen LogP contribution in [0, 0.1) is 5.92 Å². The topological polar surface area (TPSA) is 80.9 Å². The van der Waals surface area contributed by atoms with E-state index in [4.69, 9.17) is 5.73 Å². The molecule has 2 heterocycles. The largest absolute Gasteiger partial charge is 0.384 e. The number of aromatic nitrogens is 2. The predicted molar refractivity (Wildman–Crippen MR) is 77.3 cm³/mol. The summed E-state index contributed by atoms with van der Waals surface area (Å²) < 4.78 is 0. The fraction of sp³-hybridized carbons (Fsp3) is 0.308. The molecule has 0 bridgehead atoms. The number of nitrogens with one attached hydrogen (secondary N) is 1. The average Bonchev–Trinajstić information content (AvgIpc) is 2.80. The molecule has 2 aromatic rings. The highest BCUT2D eigenvalue weighted by Gasteiger charge is 2.11. The summed E-state index contributed by atoms with van der Waals surface area (Å²) in [6.45, 7) is 4.25. The van der Waals surface area contributed by atoms with Crippen LogP contribution in [0.15, 0.2) is 23.7 Å². The molecule has 6 heteroatoms. The molecule has 2 aromatic heterocycles. The predicted octanol–water partition coefficient (Wildman–Crippen LogP) is 2.57. The van der Waals surface area contributed by atoms with Gasteiger partial charge in [0.1, 0.15) is 11.5 Å². The van der Waals surface area contributed by atoms with E-state index < -0.39 is 0 Å². The molecule has 100 valence electrons. The van der Waals surface area contributed by atoms with Gasteiger partial charge in [-0.15, -0.1) is 11.3 Å². The second-order valence-electron chi connectivity index (χ2n) is 4.65. The van der Waals surface area contributed by atoms with E-state index in [0.29, 0.717) is 23.1 Å². The van der Waals surface area contributed by atoms with Crippen molar-refractivity contribution >= 4 is 28.7 Å². The standard InChI is InChI=1S/C13H16N4OS/c1-8(2)5-12-17-10(7-19-12)13(18)16-9-3-4-11(14)15-6-9/h3-4,6-8H,5H2,1-2H3,(H2,14,15)(H,16,18). The van der Waals surface area contributed by atoms with Crippen LogP contribution in [-0.2, 0) is 6.42 Å². The Labute approximate surface area is 115 Å². The van der Waals surface area contributed by atoms with E-state index in [0.717, 1.165) is 11.4 Å². The summed E-state index contributed by atoms with van der Waals surface area (Å²) in [4.78, 5) is 20.2. The zero-order valence-corrected chi connectivity index (χ0v) is 11.7. The Hall–Kier alpha value is -1.95. The van der Waals surface area contributed by atoms with Crippen molar-refractivity contribution in [3.05, 3.63) is 34.4 Å². The van der Waals surface area contributed by atoms with E-state index in [1.165, 1.54) is 17.5 Å². The summed E-state index contributed by atoms with van der Waals surface area (Å²) in [5, 5.41) is 5.50. The molecule has 2 rings (SSSR count). The summed E-state index contributed by atoms with van der Waals surface area (Å²) in [5.74, 6) is 0.729. The van der Waals surface area contributed by atoms with Crippen LogP contribution < -0.4 is 11.1 Å². The highest BCUT2D eigenvalue weighted by Crippen LogP contribution is 2.16. The molecule has 19 heavy (non-hydrogen) atoms. The van der Waals surface area contributed by atoms with Crippen LogP contribution in [-0.4, -0.2) is 15.9 Å². The molecule has 0 spiro atoms. The van der Waals surface area contributed by atoms with Gasteiger partial charge in [-0.3, -0.25) is 4.79 Å². The minimum atomic E-state index is -0.224. The van der Waals surface area contributed by atoms with Crippen molar-refractivity contribution in [3.63, 3.8) is 0 Å². The number of thiazole rings is 1. The van der Waals surface area contributed by atoms with Crippen molar-refractivity contribution in [3.8, 4) is 0 Å². The second-order valence-corrected chi connectivity index (χ2v) is 5.59. The molecular weight excluding hydrogens is 260 g/mol. The lowest BCUT2D eigenvalue weighted by atomic mass is 10.1. The van der Waals surface area contributed by atoms with E-state index in [2.05, 4.69) is 29.1 Å². The van der Waals surface area contributed by atoms with E-state index in [1.807, 2.05) is 0 Å². The highest BCUT2D eigenvalue weighted by molar-refractivity contribution is 7.09. The van der Waals surface area contributed by atoms with Crippen LogP contribution in [0.1, 0.15) is 29.3 Å². The molecule has 0 aliphatic carbocycles. The molecule has 0 atom stereocenters. The van der Waals surface area contributed by atoms with E-state index in [-0.39, 0.29) is 5.91 Å². The third-order valence-corrected chi connectivity index (χ3v) is 3.28. The molecule has 0 fully saturated rings. The monoisotopic (exact) mass is 276 g/mol. The molecule has 0 aliphatic heterocycles. The molecular formula is C13H16N4OS. The van der Waals surface area contributed by atoms with Gasteiger partial charge >= 0.3 is 0 Å². The number of hydrogen-bond donors (Lipinski definition) is 2. The fourth-order valence-corrected chi connectivity index (χ4v) is 2.52. The third-order valence-electron chi connectivity index (χ3n) is 2.41. The van der Waals surface area contributed by atoms with Gasteiger partial charge in [-0.1, -0.05) is 13.8 Å². The number of carbonyl (C=O) groups is 1. The van der Waals surface area contributed by atoms with Gasteiger partial charge in [0.25, 0.3) is 5.91 Å². The number of anilines is 2. The molecule has 0 saturated heterocycles. The molecule has 1 amide bonds. The Kier molecular flexibility index (Phi) is 4.11. The molecule has 0 saturated carbocycles. The Morgan fingerprint density at radius 1 is 1.47 bits per heavy atom. The number of nitrogens with two attached hydrogens (primary N) is 1. The summed E-state index contributed by atoms with van der Waals surface area (Å²) in [6.07, 6.45) is 2.41. The lowest BCUT2D eigenvalue weighted by molar-refractivity contribution is 0.102. The van der Waals surface area contributed by atoms with Crippen LogP contribution in [0.4, 0.5) is 11.5 Å². The van der Waals surface area contributed by atoms with Crippen molar-refractivity contribution < 1.29 is 4.79 Å². The van der Waals surface area contributed by atoms with Crippen LogP contribution in [0.25, 0.3) is 0 Å². The minimum absolute atomic E-state index is 0.224. The van der Waals surface area contributed by atoms with Gasteiger partial charge in [0.15, 0.2) is 0 Å². The highest BCUT2D eigenvalue weighted by atomic mass is 32.1. The summed E-state index contributed by atoms with van der Waals surface area (Å²) >= 11 is 1.51. The molecule has 0 unspecified atom stereocenters. The summed E-state index contributed by atoms with van der Waals surface area (Å²) in [5.41, 5.74) is 6.53. The molecule has 0 radical (unpaired) electrons. The Morgan fingerprint density at radius 2 is 2.26 bits per heavy atom. The van der Waals surface area contributed by atoms with Gasteiger partial charge in [0.05, 0.1) is 16.9 Å². The first-order chi connectivity index (χ1) is 9.04. The fourth-order valence-electron chi connectivity index (χ4n) is 1.53. The Bertz CT molecular complexity index is 562. The number of hydrogen-bond acceptors (Lipinski definition) is 5. The lowest BCUT2D eigenvalue weighted by Crippen LogP contribution is -2.12. The van der Waals surface area contributed by atoms with Gasteiger partial charge < -0.3 is 11.1 Å². The average molecular weight is 276 g/mol. The van der Waals surface area contributed by atoms with Crippen molar-refractivity contribution in [2.45, 2.75) is 20.3 Å². The quantitative estimate of drug-likeness (QED) is 0.899. The molecule has 5 nitrogen and oxygen atoms in total. The maximum atomic E-state index is 12.0.